The Morgan fingerprint density at radius 1 is 1.04 bits per heavy atom. The fraction of sp³-hybridized carbons (Fsp3) is 0.294. The van der Waals surface area contributed by atoms with Crippen LogP contribution in [-0.2, 0) is 0 Å². The SMILES string of the molecule is CCC(C)(CNC(=O)c1ccncc1F)NC(=O)c1ccncc1F. The Morgan fingerprint density at radius 3 is 2.04 bits per heavy atom. The van der Waals surface area contributed by atoms with Gasteiger partial charge in [-0.1, -0.05) is 6.92 Å². The quantitative estimate of drug-likeness (QED) is 0.837. The largest absolute Gasteiger partial charge is 0.350 e. The van der Waals surface area contributed by atoms with E-state index in [1.165, 1.54) is 24.5 Å². The summed E-state index contributed by atoms with van der Waals surface area (Å²) in [6.45, 7) is 3.55. The van der Waals surface area contributed by atoms with E-state index in [-0.39, 0.29) is 17.7 Å². The highest BCUT2D eigenvalue weighted by atomic mass is 19.1. The molecule has 0 aromatic carbocycles. The monoisotopic (exact) mass is 348 g/mol. The van der Waals surface area contributed by atoms with Crippen molar-refractivity contribution in [2.75, 3.05) is 6.54 Å². The van der Waals surface area contributed by atoms with Crippen LogP contribution in [0.25, 0.3) is 0 Å². The van der Waals surface area contributed by atoms with E-state index < -0.39 is 29.0 Å². The number of rotatable bonds is 6. The summed E-state index contributed by atoms with van der Waals surface area (Å²) in [5.41, 5.74) is -1.12. The van der Waals surface area contributed by atoms with Gasteiger partial charge in [0.1, 0.15) is 0 Å². The first-order valence-corrected chi connectivity index (χ1v) is 7.66. The molecule has 1 atom stereocenters. The van der Waals surface area contributed by atoms with Crippen LogP contribution in [0.2, 0.25) is 0 Å². The first-order valence-electron chi connectivity index (χ1n) is 7.66. The van der Waals surface area contributed by atoms with Crippen molar-refractivity contribution < 1.29 is 18.4 Å². The third-order valence-electron chi connectivity index (χ3n) is 3.87. The van der Waals surface area contributed by atoms with E-state index in [9.17, 15) is 18.4 Å². The van der Waals surface area contributed by atoms with E-state index in [4.69, 9.17) is 0 Å². The van der Waals surface area contributed by atoms with Crippen LogP contribution in [0.4, 0.5) is 8.78 Å². The number of aromatic nitrogens is 2. The number of nitrogens with zero attached hydrogens (tertiary/aromatic N) is 2. The normalized spacial score (nSPS) is 13.0. The summed E-state index contributed by atoms with van der Waals surface area (Å²) in [7, 11) is 0. The van der Waals surface area contributed by atoms with Gasteiger partial charge in [-0.2, -0.15) is 0 Å². The second-order valence-electron chi connectivity index (χ2n) is 5.76. The maximum absolute atomic E-state index is 13.7. The Morgan fingerprint density at radius 2 is 1.56 bits per heavy atom. The molecule has 132 valence electrons. The highest BCUT2D eigenvalue weighted by Gasteiger charge is 2.27. The van der Waals surface area contributed by atoms with Gasteiger partial charge in [-0.05, 0) is 25.5 Å². The lowest BCUT2D eigenvalue weighted by molar-refractivity contribution is 0.0866. The molecular weight excluding hydrogens is 330 g/mol. The van der Waals surface area contributed by atoms with Gasteiger partial charge in [0.2, 0.25) is 0 Å². The van der Waals surface area contributed by atoms with Crippen molar-refractivity contribution in [3.8, 4) is 0 Å². The molecule has 0 bridgehead atoms. The molecule has 2 aromatic rings. The Labute approximate surface area is 143 Å². The highest BCUT2D eigenvalue weighted by Crippen LogP contribution is 2.12. The lowest BCUT2D eigenvalue weighted by Gasteiger charge is -2.30. The van der Waals surface area contributed by atoms with Gasteiger partial charge >= 0.3 is 0 Å². The van der Waals surface area contributed by atoms with Crippen LogP contribution in [0, 0.1) is 11.6 Å². The van der Waals surface area contributed by atoms with Crippen LogP contribution in [-0.4, -0.2) is 33.9 Å². The van der Waals surface area contributed by atoms with Crippen LogP contribution >= 0.6 is 0 Å². The number of nitrogens with one attached hydrogen (secondary N) is 2. The molecule has 0 saturated carbocycles. The number of halogens is 2. The molecule has 8 heteroatoms. The molecule has 2 N–H and O–H groups in total. The van der Waals surface area contributed by atoms with Crippen molar-refractivity contribution in [1.82, 2.24) is 20.6 Å². The molecular formula is C17H18F2N4O2. The van der Waals surface area contributed by atoms with Gasteiger partial charge in [-0.15, -0.1) is 0 Å². The molecule has 0 aliphatic carbocycles. The van der Waals surface area contributed by atoms with Crippen LogP contribution in [0.1, 0.15) is 41.0 Å². The van der Waals surface area contributed by atoms with Gasteiger partial charge in [-0.25, -0.2) is 8.78 Å². The number of pyridine rings is 2. The van der Waals surface area contributed by atoms with E-state index in [0.717, 1.165) is 12.4 Å². The summed E-state index contributed by atoms with van der Waals surface area (Å²) in [6, 6.07) is 2.53. The van der Waals surface area contributed by atoms with Gasteiger partial charge in [-0.3, -0.25) is 19.6 Å². The van der Waals surface area contributed by atoms with Gasteiger partial charge < -0.3 is 10.6 Å². The maximum Gasteiger partial charge on any atom is 0.254 e. The fourth-order valence-corrected chi connectivity index (χ4v) is 2.09. The van der Waals surface area contributed by atoms with Crippen LogP contribution in [0.15, 0.2) is 36.9 Å². The lowest BCUT2D eigenvalue weighted by atomic mass is 9.97. The van der Waals surface area contributed by atoms with Gasteiger partial charge in [0.25, 0.3) is 11.8 Å². The summed E-state index contributed by atoms with van der Waals surface area (Å²) in [4.78, 5) is 31.5. The second kappa shape index (κ2) is 7.78. The standard InChI is InChI=1S/C17H18F2N4O2/c1-3-17(2,23-16(25)12-5-7-21-9-14(12)19)10-22-15(24)11-4-6-20-8-13(11)18/h4-9H,3,10H2,1-2H3,(H,22,24)(H,23,25). The molecule has 0 aliphatic heterocycles. The Balaban J connectivity index is 2.05. The maximum atomic E-state index is 13.7. The van der Waals surface area contributed by atoms with Crippen molar-refractivity contribution >= 4 is 11.8 Å². The third kappa shape index (κ3) is 4.56. The molecule has 6 nitrogen and oxygen atoms in total. The minimum atomic E-state index is -0.841. The predicted molar refractivity (Wildman–Crippen MR) is 86.9 cm³/mol. The van der Waals surface area contributed by atoms with E-state index in [0.29, 0.717) is 6.42 Å². The topological polar surface area (TPSA) is 84.0 Å². The fourth-order valence-electron chi connectivity index (χ4n) is 2.09. The Hall–Kier alpha value is -2.90. The minimum absolute atomic E-state index is 0.0442. The van der Waals surface area contributed by atoms with Crippen molar-refractivity contribution in [2.24, 2.45) is 0 Å². The highest BCUT2D eigenvalue weighted by molar-refractivity contribution is 5.95. The molecule has 0 fully saturated rings. The molecule has 0 saturated heterocycles. The zero-order valence-corrected chi connectivity index (χ0v) is 13.8. The van der Waals surface area contributed by atoms with Crippen molar-refractivity contribution in [3.63, 3.8) is 0 Å². The number of hydrogen-bond donors (Lipinski definition) is 2. The molecule has 1 unspecified atom stereocenters. The first-order chi connectivity index (χ1) is 11.9. The molecule has 2 amide bonds. The van der Waals surface area contributed by atoms with E-state index in [1.54, 1.807) is 6.92 Å². The summed E-state index contributed by atoms with van der Waals surface area (Å²) in [5.74, 6) is -2.71. The molecule has 2 rings (SSSR count). The van der Waals surface area contributed by atoms with E-state index in [2.05, 4.69) is 20.6 Å². The van der Waals surface area contributed by atoms with Crippen molar-refractivity contribution in [1.29, 1.82) is 0 Å². The molecule has 25 heavy (non-hydrogen) atoms. The lowest BCUT2D eigenvalue weighted by Crippen LogP contribution is -2.53. The molecule has 0 aliphatic rings. The number of hydrogen-bond acceptors (Lipinski definition) is 4. The smallest absolute Gasteiger partial charge is 0.254 e. The van der Waals surface area contributed by atoms with E-state index >= 15 is 0 Å². The Bertz CT molecular complexity index is 785. The zero-order chi connectivity index (χ0) is 18.4. The van der Waals surface area contributed by atoms with Crippen LogP contribution < -0.4 is 10.6 Å². The molecule has 0 spiro atoms. The summed E-state index contributed by atoms with van der Waals surface area (Å²) in [5, 5.41) is 5.27. The average Bonchev–Trinajstić information content (AvgIpc) is 2.60. The summed E-state index contributed by atoms with van der Waals surface area (Å²) in [6.07, 6.45) is 4.99. The van der Waals surface area contributed by atoms with Gasteiger partial charge in [0.15, 0.2) is 11.6 Å². The summed E-state index contributed by atoms with van der Waals surface area (Å²) < 4.78 is 27.2. The number of carbonyl (C=O) groups is 2. The van der Waals surface area contributed by atoms with Crippen molar-refractivity contribution in [2.45, 2.75) is 25.8 Å². The van der Waals surface area contributed by atoms with Crippen LogP contribution in [0.3, 0.4) is 0 Å². The van der Waals surface area contributed by atoms with E-state index in [1.807, 2.05) is 6.92 Å². The Kier molecular flexibility index (Phi) is 5.74. The second-order valence-corrected chi connectivity index (χ2v) is 5.76. The minimum Gasteiger partial charge on any atom is -0.350 e. The predicted octanol–water partition coefficient (Wildman–Crippen LogP) is 2.08. The summed E-state index contributed by atoms with van der Waals surface area (Å²) >= 11 is 0. The molecule has 2 heterocycles. The van der Waals surface area contributed by atoms with Gasteiger partial charge in [0.05, 0.1) is 29.1 Å². The molecule has 0 radical (unpaired) electrons. The number of carbonyl (C=O) groups excluding carboxylic acids is 2. The van der Waals surface area contributed by atoms with Gasteiger partial charge in [0, 0.05) is 18.9 Å². The number of amides is 2. The third-order valence-corrected chi connectivity index (χ3v) is 3.87. The first kappa shape index (κ1) is 18.4. The zero-order valence-electron chi connectivity index (χ0n) is 13.8. The molecule has 2 aromatic heterocycles. The average molecular weight is 348 g/mol. The van der Waals surface area contributed by atoms with Crippen molar-refractivity contribution in [3.05, 3.63) is 59.7 Å². The van der Waals surface area contributed by atoms with Crippen LogP contribution in [0.5, 0.6) is 0 Å².